The van der Waals surface area contributed by atoms with Gasteiger partial charge in [0.2, 0.25) is 5.91 Å². The lowest BCUT2D eigenvalue weighted by Gasteiger charge is -2.10. The second kappa shape index (κ2) is 12.1. The number of aryl methyl sites for hydroxylation is 2. The highest BCUT2D eigenvalue weighted by molar-refractivity contribution is 5.94. The number of alkyl halides is 3. The van der Waals surface area contributed by atoms with E-state index >= 15 is 0 Å². The summed E-state index contributed by atoms with van der Waals surface area (Å²) in [6, 6.07) is 16.5. The molecule has 2 N–H and O–H groups in total. The van der Waals surface area contributed by atoms with Gasteiger partial charge in [-0.25, -0.2) is 0 Å². The predicted octanol–water partition coefficient (Wildman–Crippen LogP) is 6.02. The van der Waals surface area contributed by atoms with Crippen molar-refractivity contribution in [2.24, 2.45) is 0 Å². The van der Waals surface area contributed by atoms with Gasteiger partial charge in [-0.05, 0) is 79.6 Å². The van der Waals surface area contributed by atoms with Crippen molar-refractivity contribution in [2.75, 3.05) is 17.2 Å². The van der Waals surface area contributed by atoms with Crippen molar-refractivity contribution in [1.29, 1.82) is 0 Å². The number of hydrogen-bond donors (Lipinski definition) is 2. The number of amides is 2. The van der Waals surface area contributed by atoms with Gasteiger partial charge in [0.05, 0.1) is 12.0 Å². The first-order valence-electron chi connectivity index (χ1n) is 11.3. The van der Waals surface area contributed by atoms with Crippen molar-refractivity contribution in [1.82, 2.24) is 0 Å². The van der Waals surface area contributed by atoms with Gasteiger partial charge in [0, 0.05) is 17.8 Å². The summed E-state index contributed by atoms with van der Waals surface area (Å²) >= 11 is 0. The summed E-state index contributed by atoms with van der Waals surface area (Å²) in [4.78, 5) is 35.9. The van der Waals surface area contributed by atoms with Gasteiger partial charge in [-0.2, -0.15) is 13.2 Å². The highest BCUT2D eigenvalue weighted by atomic mass is 19.4. The fourth-order valence-electron chi connectivity index (χ4n) is 3.15. The summed E-state index contributed by atoms with van der Waals surface area (Å²) in [5.74, 6) is -0.755. The smallest absolute Gasteiger partial charge is 0.416 e. The number of ether oxygens (including phenoxy) is 2. The Labute approximate surface area is 211 Å². The van der Waals surface area contributed by atoms with E-state index in [4.69, 9.17) is 9.47 Å². The Morgan fingerprint density at radius 1 is 0.757 bits per heavy atom. The molecule has 0 heterocycles. The van der Waals surface area contributed by atoms with Crippen molar-refractivity contribution in [3.8, 4) is 11.5 Å². The lowest BCUT2D eigenvalue weighted by atomic mass is 10.1. The van der Waals surface area contributed by atoms with Crippen LogP contribution in [0.1, 0.15) is 29.5 Å². The van der Waals surface area contributed by atoms with E-state index in [1.165, 1.54) is 6.07 Å². The minimum absolute atomic E-state index is 0.0827. The lowest BCUT2D eigenvalue weighted by Crippen LogP contribution is -2.22. The molecular weight excluding hydrogens is 489 g/mol. The molecule has 10 heteroatoms. The van der Waals surface area contributed by atoms with E-state index in [0.29, 0.717) is 17.2 Å². The first kappa shape index (κ1) is 27.3. The van der Waals surface area contributed by atoms with E-state index in [2.05, 4.69) is 10.6 Å². The molecule has 3 aromatic rings. The Kier molecular flexibility index (Phi) is 8.89. The average molecular weight is 515 g/mol. The largest absolute Gasteiger partial charge is 0.457 e. The number of rotatable bonds is 9. The van der Waals surface area contributed by atoms with Crippen LogP contribution in [-0.4, -0.2) is 24.4 Å². The third kappa shape index (κ3) is 8.68. The Morgan fingerprint density at radius 3 is 2.11 bits per heavy atom. The molecule has 194 valence electrons. The molecule has 37 heavy (non-hydrogen) atoms. The van der Waals surface area contributed by atoms with E-state index in [1.807, 2.05) is 32.0 Å². The van der Waals surface area contributed by atoms with Gasteiger partial charge in [0.25, 0.3) is 5.91 Å². The van der Waals surface area contributed by atoms with Crippen LogP contribution < -0.4 is 15.4 Å². The maximum Gasteiger partial charge on any atom is 0.416 e. The molecule has 2 amide bonds. The van der Waals surface area contributed by atoms with Crippen LogP contribution in [0.25, 0.3) is 0 Å². The molecule has 7 nitrogen and oxygen atoms in total. The molecule has 3 rings (SSSR count). The summed E-state index contributed by atoms with van der Waals surface area (Å²) in [5, 5.41) is 4.87. The van der Waals surface area contributed by atoms with Crippen LogP contribution in [0.4, 0.5) is 24.5 Å². The number of halogens is 3. The minimum atomic E-state index is -4.55. The van der Waals surface area contributed by atoms with Crippen LogP contribution in [0, 0.1) is 13.8 Å². The van der Waals surface area contributed by atoms with E-state index in [-0.39, 0.29) is 18.5 Å². The molecule has 0 unspecified atom stereocenters. The monoisotopic (exact) mass is 514 g/mol. The molecule has 0 atom stereocenters. The van der Waals surface area contributed by atoms with E-state index < -0.39 is 36.1 Å². The number of nitrogens with one attached hydrogen (secondary N) is 2. The van der Waals surface area contributed by atoms with E-state index in [1.54, 1.807) is 24.3 Å². The zero-order valence-corrected chi connectivity index (χ0v) is 20.1. The predicted molar refractivity (Wildman–Crippen MR) is 131 cm³/mol. The second-order valence-corrected chi connectivity index (χ2v) is 8.21. The van der Waals surface area contributed by atoms with Crippen LogP contribution in [-0.2, 0) is 25.3 Å². The lowest BCUT2D eigenvalue weighted by molar-refractivity contribution is -0.147. The van der Waals surface area contributed by atoms with Gasteiger partial charge in [-0.1, -0.05) is 12.1 Å². The van der Waals surface area contributed by atoms with Crippen LogP contribution in [0.3, 0.4) is 0 Å². The molecule has 3 aromatic carbocycles. The highest BCUT2D eigenvalue weighted by Crippen LogP contribution is 2.30. The first-order chi connectivity index (χ1) is 17.5. The van der Waals surface area contributed by atoms with Gasteiger partial charge >= 0.3 is 12.1 Å². The zero-order chi connectivity index (χ0) is 27.0. The molecule has 0 saturated carbocycles. The third-order valence-corrected chi connectivity index (χ3v) is 5.25. The van der Waals surface area contributed by atoms with Crippen molar-refractivity contribution in [3.05, 3.63) is 83.4 Å². The van der Waals surface area contributed by atoms with E-state index in [9.17, 15) is 27.6 Å². The first-order valence-corrected chi connectivity index (χ1v) is 11.3. The minimum Gasteiger partial charge on any atom is -0.457 e. The summed E-state index contributed by atoms with van der Waals surface area (Å²) in [6.45, 7) is 3.31. The van der Waals surface area contributed by atoms with Gasteiger partial charge in [0.1, 0.15) is 11.5 Å². The Hall–Kier alpha value is -4.34. The maximum absolute atomic E-state index is 12.7. The number of anilines is 2. The van der Waals surface area contributed by atoms with Crippen molar-refractivity contribution >= 4 is 29.2 Å². The fraction of sp³-hybridized carbons (Fsp3) is 0.222. The fourth-order valence-corrected chi connectivity index (χ4v) is 3.15. The molecule has 0 spiro atoms. The van der Waals surface area contributed by atoms with Crippen LogP contribution in [0.2, 0.25) is 0 Å². The number of benzene rings is 3. The maximum atomic E-state index is 12.7. The van der Waals surface area contributed by atoms with E-state index in [0.717, 1.165) is 29.3 Å². The Bertz CT molecular complexity index is 1270. The zero-order valence-electron chi connectivity index (χ0n) is 20.1. The van der Waals surface area contributed by atoms with Gasteiger partial charge < -0.3 is 20.1 Å². The van der Waals surface area contributed by atoms with Crippen LogP contribution in [0.5, 0.6) is 11.5 Å². The molecule has 0 radical (unpaired) electrons. The number of carbonyl (C=O) groups is 3. The number of hydrogen-bond acceptors (Lipinski definition) is 5. The molecule has 0 aliphatic heterocycles. The molecule has 0 aromatic heterocycles. The SMILES string of the molecule is Cc1ccc(Oc2ccc(NC(=O)CCC(=O)OCC(=O)Nc3cccc(C(F)(F)F)c3)cc2)cc1C. The molecule has 0 bridgehead atoms. The summed E-state index contributed by atoms with van der Waals surface area (Å²) in [6.07, 6.45) is -5.02. The molecule has 0 aliphatic carbocycles. The van der Waals surface area contributed by atoms with Gasteiger partial charge in [-0.3, -0.25) is 14.4 Å². The van der Waals surface area contributed by atoms with Crippen LogP contribution >= 0.6 is 0 Å². The standard InChI is InChI=1S/C27H25F3N2O5/c1-17-6-9-23(14-18(17)2)37-22-10-7-20(8-11-22)31-24(33)12-13-26(35)36-16-25(34)32-21-5-3-4-19(15-21)27(28,29)30/h3-11,14-15H,12-13,16H2,1-2H3,(H,31,33)(H,32,34). The summed E-state index contributed by atoms with van der Waals surface area (Å²) < 4.78 is 48.8. The van der Waals surface area contributed by atoms with Crippen molar-refractivity contribution < 1.29 is 37.0 Å². The summed E-state index contributed by atoms with van der Waals surface area (Å²) in [7, 11) is 0. The van der Waals surface area contributed by atoms with Crippen molar-refractivity contribution in [3.63, 3.8) is 0 Å². The molecule has 0 aliphatic rings. The third-order valence-electron chi connectivity index (χ3n) is 5.25. The van der Waals surface area contributed by atoms with Gasteiger partial charge in [-0.15, -0.1) is 0 Å². The number of esters is 1. The molecule has 0 fully saturated rings. The summed E-state index contributed by atoms with van der Waals surface area (Å²) in [5.41, 5.74) is 1.77. The quantitative estimate of drug-likeness (QED) is 0.341. The second-order valence-electron chi connectivity index (χ2n) is 8.21. The van der Waals surface area contributed by atoms with Gasteiger partial charge in [0.15, 0.2) is 6.61 Å². The van der Waals surface area contributed by atoms with Crippen LogP contribution in [0.15, 0.2) is 66.7 Å². The molecular formula is C27H25F3N2O5. The topological polar surface area (TPSA) is 93.7 Å². The number of carbonyl (C=O) groups excluding carboxylic acids is 3. The molecule has 0 saturated heterocycles. The average Bonchev–Trinajstić information content (AvgIpc) is 2.84. The van der Waals surface area contributed by atoms with Crippen molar-refractivity contribution in [2.45, 2.75) is 32.9 Å². The normalized spacial score (nSPS) is 10.9. The Morgan fingerprint density at radius 2 is 1.43 bits per heavy atom. The Balaban J connectivity index is 1.38. The highest BCUT2D eigenvalue weighted by Gasteiger charge is 2.30.